The highest BCUT2D eigenvalue weighted by Gasteiger charge is 2.40. The van der Waals surface area contributed by atoms with Crippen LogP contribution in [0.4, 0.5) is 0 Å². The lowest BCUT2D eigenvalue weighted by Crippen LogP contribution is -2.51. The molecule has 0 radical (unpaired) electrons. The average molecular weight is 374 g/mol. The van der Waals surface area contributed by atoms with E-state index in [0.717, 1.165) is 12.3 Å². The molecule has 3 fully saturated rings. The molecule has 0 spiro atoms. The quantitative estimate of drug-likeness (QED) is 0.736. The van der Waals surface area contributed by atoms with Gasteiger partial charge in [0, 0.05) is 32.6 Å². The topological polar surface area (TPSA) is 80.1 Å². The fraction of sp³-hybridized carbons (Fsp3) is 0.650. The molecule has 27 heavy (non-hydrogen) atoms. The minimum Gasteiger partial charge on any atom is -0.459 e. The van der Waals surface area contributed by atoms with Crippen molar-refractivity contribution in [2.45, 2.75) is 32.1 Å². The molecule has 2 heterocycles. The average Bonchev–Trinajstić information content (AvgIpc) is 3.43. The van der Waals surface area contributed by atoms with Crippen LogP contribution in [0.3, 0.4) is 0 Å². The maximum atomic E-state index is 12.3. The van der Waals surface area contributed by atoms with Gasteiger partial charge in [-0.15, -0.1) is 0 Å². The zero-order valence-corrected chi connectivity index (χ0v) is 15.5. The number of rotatable bonds is 5. The molecule has 2 aliphatic carbocycles. The molecule has 1 saturated heterocycles. The van der Waals surface area contributed by atoms with E-state index in [9.17, 15) is 14.4 Å². The first kappa shape index (κ1) is 18.1. The fourth-order valence-electron chi connectivity index (χ4n) is 4.85. The van der Waals surface area contributed by atoms with Gasteiger partial charge in [-0.05, 0) is 49.1 Å². The molecule has 3 atom stereocenters. The summed E-state index contributed by atoms with van der Waals surface area (Å²) in [4.78, 5) is 39.9. The van der Waals surface area contributed by atoms with Gasteiger partial charge < -0.3 is 19.0 Å². The minimum atomic E-state index is -0.257. The molecule has 1 aliphatic heterocycles. The number of esters is 1. The van der Waals surface area contributed by atoms with Crippen LogP contribution in [0.5, 0.6) is 0 Å². The van der Waals surface area contributed by atoms with Crippen molar-refractivity contribution >= 4 is 17.8 Å². The third-order valence-corrected chi connectivity index (χ3v) is 6.32. The van der Waals surface area contributed by atoms with Crippen molar-refractivity contribution in [3.8, 4) is 0 Å². The summed E-state index contributed by atoms with van der Waals surface area (Å²) in [5, 5.41) is 0. The van der Waals surface area contributed by atoms with Crippen LogP contribution in [0.15, 0.2) is 22.8 Å². The van der Waals surface area contributed by atoms with Crippen LogP contribution in [-0.4, -0.2) is 60.4 Å². The van der Waals surface area contributed by atoms with Gasteiger partial charge in [0.2, 0.25) is 0 Å². The molecule has 3 aliphatic rings. The van der Waals surface area contributed by atoms with Crippen molar-refractivity contribution in [3.63, 3.8) is 0 Å². The van der Waals surface area contributed by atoms with E-state index >= 15 is 0 Å². The zero-order chi connectivity index (χ0) is 18.8. The Hall–Kier alpha value is -2.31. The Morgan fingerprint density at radius 3 is 2.48 bits per heavy atom. The Bertz CT molecular complexity index is 693. The number of carbonyl (C=O) groups is 3. The third-order valence-electron chi connectivity index (χ3n) is 6.32. The normalized spacial score (nSPS) is 27.0. The van der Waals surface area contributed by atoms with Crippen LogP contribution in [0.25, 0.3) is 0 Å². The number of hydrogen-bond acceptors (Lipinski definition) is 5. The first-order valence-corrected chi connectivity index (χ1v) is 9.86. The van der Waals surface area contributed by atoms with Gasteiger partial charge in [-0.1, -0.05) is 6.42 Å². The van der Waals surface area contributed by atoms with E-state index in [-0.39, 0.29) is 24.4 Å². The van der Waals surface area contributed by atoms with Crippen molar-refractivity contribution in [3.05, 3.63) is 24.2 Å². The smallest absolute Gasteiger partial charge is 0.306 e. The largest absolute Gasteiger partial charge is 0.459 e. The van der Waals surface area contributed by atoms with Crippen LogP contribution in [0.2, 0.25) is 0 Å². The Balaban J connectivity index is 1.17. The summed E-state index contributed by atoms with van der Waals surface area (Å²) in [6.45, 7) is 1.57. The van der Waals surface area contributed by atoms with E-state index < -0.39 is 0 Å². The van der Waals surface area contributed by atoms with Gasteiger partial charge >= 0.3 is 5.97 Å². The predicted molar refractivity (Wildman–Crippen MR) is 95.7 cm³/mol. The van der Waals surface area contributed by atoms with Crippen LogP contribution >= 0.6 is 0 Å². The predicted octanol–water partition coefficient (Wildman–Crippen LogP) is 1.93. The van der Waals surface area contributed by atoms with Gasteiger partial charge in [-0.25, -0.2) is 0 Å². The van der Waals surface area contributed by atoms with E-state index in [0.29, 0.717) is 50.2 Å². The summed E-state index contributed by atoms with van der Waals surface area (Å²) in [6, 6.07) is 3.31. The molecule has 0 unspecified atom stereocenters. The van der Waals surface area contributed by atoms with Crippen molar-refractivity contribution < 1.29 is 23.5 Å². The second-order valence-electron chi connectivity index (χ2n) is 7.95. The number of furan rings is 1. The first-order chi connectivity index (χ1) is 13.1. The number of fused-ring (bicyclic) bond motifs is 2. The van der Waals surface area contributed by atoms with Gasteiger partial charge in [-0.2, -0.15) is 0 Å². The molecular formula is C20H26N2O5. The molecule has 7 nitrogen and oxygen atoms in total. The summed E-state index contributed by atoms with van der Waals surface area (Å²) < 4.78 is 10.4. The van der Waals surface area contributed by atoms with E-state index in [2.05, 4.69) is 0 Å². The lowest BCUT2D eigenvalue weighted by molar-refractivity contribution is -0.153. The van der Waals surface area contributed by atoms with Gasteiger partial charge in [0.15, 0.2) is 12.4 Å². The molecule has 2 amide bonds. The third kappa shape index (κ3) is 4.01. The summed E-state index contributed by atoms with van der Waals surface area (Å²) in [5.41, 5.74) is 0. The first-order valence-electron chi connectivity index (χ1n) is 9.86. The molecule has 7 heteroatoms. The maximum Gasteiger partial charge on any atom is 0.306 e. The van der Waals surface area contributed by atoms with Crippen LogP contribution in [0.1, 0.15) is 42.7 Å². The fourth-order valence-corrected chi connectivity index (χ4v) is 4.85. The van der Waals surface area contributed by atoms with Crippen molar-refractivity contribution in [1.82, 2.24) is 9.80 Å². The lowest BCUT2D eigenvalue weighted by atomic mass is 9.86. The second kappa shape index (κ2) is 7.74. The van der Waals surface area contributed by atoms with Crippen molar-refractivity contribution in [1.29, 1.82) is 0 Å². The molecular weight excluding hydrogens is 348 g/mol. The second-order valence-corrected chi connectivity index (χ2v) is 7.95. The Morgan fingerprint density at radius 2 is 1.85 bits per heavy atom. The molecule has 0 aromatic carbocycles. The van der Waals surface area contributed by atoms with Gasteiger partial charge in [0.25, 0.3) is 11.8 Å². The highest BCUT2D eigenvalue weighted by molar-refractivity contribution is 5.91. The highest BCUT2D eigenvalue weighted by atomic mass is 16.5. The van der Waals surface area contributed by atoms with Crippen LogP contribution < -0.4 is 0 Å². The summed E-state index contributed by atoms with van der Waals surface area (Å²) >= 11 is 0. The van der Waals surface area contributed by atoms with E-state index in [4.69, 9.17) is 9.15 Å². The molecule has 1 aromatic rings. The minimum absolute atomic E-state index is 0.163. The number of nitrogens with zero attached hydrogens (tertiary/aromatic N) is 2. The van der Waals surface area contributed by atoms with Gasteiger partial charge in [0.1, 0.15) is 0 Å². The van der Waals surface area contributed by atoms with Gasteiger partial charge in [0.05, 0.1) is 6.26 Å². The van der Waals surface area contributed by atoms with Crippen LogP contribution in [0, 0.1) is 17.8 Å². The number of carbonyl (C=O) groups excluding carboxylic acids is 3. The molecule has 146 valence electrons. The molecule has 0 N–H and O–H groups in total. The maximum absolute atomic E-state index is 12.3. The molecule has 1 aromatic heterocycles. The monoisotopic (exact) mass is 374 g/mol. The summed E-state index contributed by atoms with van der Waals surface area (Å²) in [6.07, 6.45) is 6.86. The Labute approximate surface area is 158 Å². The number of amides is 2. The highest BCUT2D eigenvalue weighted by Crippen LogP contribution is 2.49. The van der Waals surface area contributed by atoms with Crippen molar-refractivity contribution in [2.75, 3.05) is 32.8 Å². The van der Waals surface area contributed by atoms with Gasteiger partial charge in [-0.3, -0.25) is 14.4 Å². The summed E-state index contributed by atoms with van der Waals surface area (Å²) in [7, 11) is 0. The molecule has 2 bridgehead atoms. The number of piperazine rings is 1. The lowest BCUT2D eigenvalue weighted by Gasteiger charge is -2.34. The Kier molecular flexibility index (Phi) is 5.18. The van der Waals surface area contributed by atoms with Crippen molar-refractivity contribution in [2.24, 2.45) is 17.8 Å². The molecule has 4 rings (SSSR count). The number of hydrogen-bond donors (Lipinski definition) is 0. The SMILES string of the molecule is O=C(C[C@H]1C[C@H]2CC[C@@H]1C2)OCC(=O)N1CCN(C(=O)c2ccco2)CC1. The van der Waals surface area contributed by atoms with Crippen LogP contribution in [-0.2, 0) is 14.3 Å². The number of ether oxygens (including phenoxy) is 1. The van der Waals surface area contributed by atoms with E-state index in [1.807, 2.05) is 0 Å². The van der Waals surface area contributed by atoms with E-state index in [1.165, 1.54) is 25.5 Å². The standard InChI is InChI=1S/C20H26N2O5/c23-18(13-27-19(24)12-16-11-14-3-4-15(16)10-14)21-5-7-22(8-6-21)20(25)17-2-1-9-26-17/h1-2,9,14-16H,3-8,10-13H2/t14-,15+,16+/m0/s1. The zero-order valence-electron chi connectivity index (χ0n) is 15.5. The van der Waals surface area contributed by atoms with E-state index in [1.54, 1.807) is 21.9 Å². The molecule has 2 saturated carbocycles. The Morgan fingerprint density at radius 1 is 1.07 bits per heavy atom. The summed E-state index contributed by atoms with van der Waals surface area (Å²) in [5.74, 6) is 1.62.